The number of rotatable bonds is 2. The number of amides is 1. The number of ether oxygens (including phenoxy) is 2. The summed E-state index contributed by atoms with van der Waals surface area (Å²) in [6.45, 7) is 5.77. The van der Waals surface area contributed by atoms with Crippen LogP contribution >= 0.6 is 0 Å². The Balaban J connectivity index is 2.17. The fraction of sp³-hybridized carbons (Fsp3) is 0.417. The molecule has 0 radical (unpaired) electrons. The van der Waals surface area contributed by atoms with E-state index in [1.54, 1.807) is 58.2 Å². The predicted molar refractivity (Wildman–Crippen MR) is 116 cm³/mol. The molecule has 1 aliphatic carbocycles. The largest absolute Gasteiger partial charge is 0.497 e. The molecule has 1 heterocycles. The molecule has 2 N–H and O–H groups in total. The molecule has 8 heteroatoms. The van der Waals surface area contributed by atoms with Crippen LogP contribution in [-0.4, -0.2) is 36.8 Å². The van der Waals surface area contributed by atoms with Crippen LogP contribution in [0.15, 0.2) is 47.2 Å². The molecule has 0 saturated heterocycles. The first-order chi connectivity index (χ1) is 15.1. The summed E-state index contributed by atoms with van der Waals surface area (Å²) in [5.74, 6) is -0.567. The van der Waals surface area contributed by atoms with Gasteiger partial charge in [0.15, 0.2) is 5.41 Å². The van der Waals surface area contributed by atoms with E-state index in [-0.39, 0.29) is 24.4 Å². The summed E-state index contributed by atoms with van der Waals surface area (Å²) in [4.78, 5) is 14.3. The Morgan fingerprint density at radius 1 is 1.19 bits per heavy atom. The number of benzene rings is 1. The van der Waals surface area contributed by atoms with Gasteiger partial charge in [0.25, 0.3) is 0 Å². The third-order valence-corrected chi connectivity index (χ3v) is 5.79. The first-order valence-corrected chi connectivity index (χ1v) is 10.2. The summed E-state index contributed by atoms with van der Waals surface area (Å²) in [5.41, 5.74) is 5.27. The minimum absolute atomic E-state index is 0.0564. The standard InChI is InChI=1S/C24H25N5O3/c1-23(2,3)32-22(30)29-10-9-17-18(11-25)21(28)24(13-26,14-27)20(19(17)12-29)15-5-7-16(31-4)8-6-15/h5-9,19-20H,10,12,28H2,1-4H3/t19-,20-/m1/s1. The maximum atomic E-state index is 12.8. The van der Waals surface area contributed by atoms with Crippen molar-refractivity contribution in [3.63, 3.8) is 0 Å². The summed E-state index contributed by atoms with van der Waals surface area (Å²) < 4.78 is 10.7. The zero-order chi connectivity index (χ0) is 23.7. The Morgan fingerprint density at radius 2 is 1.81 bits per heavy atom. The Labute approximate surface area is 187 Å². The first-order valence-electron chi connectivity index (χ1n) is 10.2. The van der Waals surface area contributed by atoms with Gasteiger partial charge in [-0.15, -0.1) is 0 Å². The summed E-state index contributed by atoms with van der Waals surface area (Å²) in [7, 11) is 1.55. The average Bonchev–Trinajstić information content (AvgIpc) is 2.77. The second-order valence-electron chi connectivity index (χ2n) is 8.83. The van der Waals surface area contributed by atoms with Gasteiger partial charge in [0, 0.05) is 24.9 Å². The van der Waals surface area contributed by atoms with Gasteiger partial charge in [-0.05, 0) is 44.0 Å². The van der Waals surface area contributed by atoms with Crippen LogP contribution in [0.4, 0.5) is 4.79 Å². The molecule has 0 bridgehead atoms. The van der Waals surface area contributed by atoms with Crippen LogP contribution in [0.5, 0.6) is 5.75 Å². The van der Waals surface area contributed by atoms with Gasteiger partial charge >= 0.3 is 6.09 Å². The van der Waals surface area contributed by atoms with Crippen LogP contribution < -0.4 is 10.5 Å². The lowest BCUT2D eigenvalue weighted by Gasteiger charge is -2.45. The number of carbonyl (C=O) groups excluding carboxylic acids is 1. The highest BCUT2D eigenvalue weighted by Gasteiger charge is 2.54. The molecule has 2 atom stereocenters. The van der Waals surface area contributed by atoms with Gasteiger partial charge in [0.05, 0.1) is 30.5 Å². The van der Waals surface area contributed by atoms with Gasteiger partial charge in [-0.2, -0.15) is 15.8 Å². The first kappa shape index (κ1) is 22.7. The number of allylic oxidation sites excluding steroid dienone is 2. The molecule has 0 aromatic heterocycles. The van der Waals surface area contributed by atoms with Crippen LogP contribution in [0.1, 0.15) is 32.3 Å². The Morgan fingerprint density at radius 3 is 2.31 bits per heavy atom. The highest BCUT2D eigenvalue weighted by atomic mass is 16.6. The molecule has 164 valence electrons. The molecule has 3 rings (SSSR count). The van der Waals surface area contributed by atoms with Crippen molar-refractivity contribution in [1.82, 2.24) is 4.90 Å². The van der Waals surface area contributed by atoms with Gasteiger partial charge in [0.1, 0.15) is 17.4 Å². The molecule has 2 aliphatic rings. The van der Waals surface area contributed by atoms with E-state index < -0.39 is 28.9 Å². The molecule has 0 fully saturated rings. The second kappa shape index (κ2) is 8.29. The SMILES string of the molecule is COc1ccc([C@@H]2[C@@H]3CN(C(=O)OC(C)(C)C)CC=C3C(C#N)=C(N)C2(C#N)C#N)cc1. The van der Waals surface area contributed by atoms with E-state index in [9.17, 15) is 20.6 Å². The van der Waals surface area contributed by atoms with E-state index >= 15 is 0 Å². The fourth-order valence-corrected chi connectivity index (χ4v) is 4.34. The number of carbonyl (C=O) groups is 1. The number of methoxy groups -OCH3 is 1. The molecular weight excluding hydrogens is 406 g/mol. The van der Waals surface area contributed by atoms with Crippen molar-refractivity contribution in [2.75, 3.05) is 20.2 Å². The van der Waals surface area contributed by atoms with E-state index in [0.29, 0.717) is 16.9 Å². The maximum absolute atomic E-state index is 12.8. The van der Waals surface area contributed by atoms with Crippen molar-refractivity contribution in [1.29, 1.82) is 15.8 Å². The van der Waals surface area contributed by atoms with Crippen LogP contribution in [0.25, 0.3) is 0 Å². The predicted octanol–water partition coefficient (Wildman–Crippen LogP) is 3.36. The number of nitrogens with zero attached hydrogens (tertiary/aromatic N) is 4. The van der Waals surface area contributed by atoms with E-state index in [0.717, 1.165) is 0 Å². The molecule has 32 heavy (non-hydrogen) atoms. The van der Waals surface area contributed by atoms with Crippen molar-refractivity contribution >= 4 is 6.09 Å². The quantitative estimate of drug-likeness (QED) is 0.758. The van der Waals surface area contributed by atoms with Crippen LogP contribution in [0.3, 0.4) is 0 Å². The average molecular weight is 431 g/mol. The summed E-state index contributed by atoms with van der Waals surface area (Å²) in [6, 6.07) is 13.3. The highest BCUT2D eigenvalue weighted by Crippen LogP contribution is 2.54. The number of fused-ring (bicyclic) bond motifs is 1. The Kier molecular flexibility index (Phi) is 5.88. The van der Waals surface area contributed by atoms with Crippen molar-refractivity contribution in [3.05, 3.63) is 52.7 Å². The topological polar surface area (TPSA) is 136 Å². The highest BCUT2D eigenvalue weighted by molar-refractivity contribution is 5.70. The summed E-state index contributed by atoms with van der Waals surface area (Å²) >= 11 is 0. The molecular formula is C24H25N5O3. The maximum Gasteiger partial charge on any atom is 0.410 e. The van der Waals surface area contributed by atoms with Gasteiger partial charge in [-0.25, -0.2) is 4.79 Å². The fourth-order valence-electron chi connectivity index (χ4n) is 4.34. The minimum atomic E-state index is -1.77. The minimum Gasteiger partial charge on any atom is -0.497 e. The van der Waals surface area contributed by atoms with E-state index in [1.165, 1.54) is 4.90 Å². The molecule has 0 spiro atoms. The molecule has 1 aliphatic heterocycles. The zero-order valence-corrected chi connectivity index (χ0v) is 18.5. The Hall–Kier alpha value is -3.96. The molecule has 1 amide bonds. The lowest BCUT2D eigenvalue weighted by molar-refractivity contribution is 0.0224. The molecule has 0 unspecified atom stereocenters. The number of hydrogen-bond donors (Lipinski definition) is 1. The lowest BCUT2D eigenvalue weighted by atomic mass is 9.58. The molecule has 8 nitrogen and oxygen atoms in total. The van der Waals surface area contributed by atoms with Gasteiger partial charge < -0.3 is 20.1 Å². The normalized spacial score (nSPS) is 21.9. The third-order valence-electron chi connectivity index (χ3n) is 5.79. The van der Waals surface area contributed by atoms with Gasteiger partial charge in [0.2, 0.25) is 0 Å². The van der Waals surface area contributed by atoms with Gasteiger partial charge in [-0.3, -0.25) is 0 Å². The summed E-state index contributed by atoms with van der Waals surface area (Å²) in [5, 5.41) is 30.1. The lowest BCUT2D eigenvalue weighted by Crippen LogP contribution is -2.50. The smallest absolute Gasteiger partial charge is 0.410 e. The van der Waals surface area contributed by atoms with E-state index in [4.69, 9.17) is 15.2 Å². The van der Waals surface area contributed by atoms with Crippen molar-refractivity contribution in [2.24, 2.45) is 17.1 Å². The zero-order valence-electron chi connectivity index (χ0n) is 18.5. The number of hydrogen-bond acceptors (Lipinski definition) is 7. The van der Waals surface area contributed by atoms with Crippen LogP contribution in [0, 0.1) is 45.3 Å². The number of nitrogens with two attached hydrogens (primary N) is 1. The Bertz CT molecular complexity index is 1090. The molecule has 0 saturated carbocycles. The van der Waals surface area contributed by atoms with Crippen molar-refractivity contribution in [2.45, 2.75) is 32.3 Å². The molecule has 1 aromatic carbocycles. The van der Waals surface area contributed by atoms with E-state index in [1.807, 2.05) is 0 Å². The van der Waals surface area contributed by atoms with Crippen molar-refractivity contribution in [3.8, 4) is 24.0 Å². The second-order valence-corrected chi connectivity index (χ2v) is 8.83. The molecule has 1 aromatic rings. The summed E-state index contributed by atoms with van der Waals surface area (Å²) in [6.07, 6.45) is 1.26. The van der Waals surface area contributed by atoms with Gasteiger partial charge in [-0.1, -0.05) is 18.2 Å². The monoisotopic (exact) mass is 431 g/mol. The number of nitriles is 3. The van der Waals surface area contributed by atoms with Crippen molar-refractivity contribution < 1.29 is 14.3 Å². The van der Waals surface area contributed by atoms with E-state index in [2.05, 4.69) is 18.2 Å². The van der Waals surface area contributed by atoms with Crippen LogP contribution in [0.2, 0.25) is 0 Å². The third kappa shape index (κ3) is 3.74. The van der Waals surface area contributed by atoms with Crippen LogP contribution in [-0.2, 0) is 4.74 Å².